The van der Waals surface area contributed by atoms with Crippen molar-refractivity contribution in [2.45, 2.75) is 25.6 Å². The maximum atomic E-state index is 9.03. The predicted molar refractivity (Wildman–Crippen MR) is 39.3 cm³/mol. The fourth-order valence-electron chi connectivity index (χ4n) is 0.490. The van der Waals surface area contributed by atoms with Crippen LogP contribution in [0.15, 0.2) is 0 Å². The van der Waals surface area contributed by atoms with Gasteiger partial charge in [0.15, 0.2) is 5.96 Å². The number of aliphatic hydroxyl groups is 1. The minimum absolute atomic E-state index is 0.267. The third-order valence-corrected chi connectivity index (χ3v) is 1.18. The lowest BCUT2D eigenvalue weighted by Crippen LogP contribution is -2.49. The van der Waals surface area contributed by atoms with E-state index in [-0.39, 0.29) is 12.0 Å². The molecule has 5 heteroatoms. The van der Waals surface area contributed by atoms with Gasteiger partial charge in [-0.2, -0.15) is 0 Å². The van der Waals surface area contributed by atoms with E-state index in [9.17, 15) is 0 Å². The van der Waals surface area contributed by atoms with E-state index in [0.717, 1.165) is 0 Å². The Hall–Kier alpha value is -0.810. The van der Waals surface area contributed by atoms with Crippen molar-refractivity contribution >= 4 is 5.96 Å². The Bertz CT molecular complexity index is 116. The Morgan fingerprint density at radius 1 is 1.80 bits per heavy atom. The number of rotatable bonds is 3. The normalized spacial score (nSPS) is 15.9. The molecule has 2 atom stereocenters. The molecule has 60 valence electrons. The third kappa shape index (κ3) is 3.26. The van der Waals surface area contributed by atoms with Crippen LogP contribution in [0.25, 0.3) is 0 Å². The topological polar surface area (TPSA) is 108 Å². The lowest BCUT2D eigenvalue weighted by Gasteiger charge is -2.17. The first kappa shape index (κ1) is 9.19. The summed E-state index contributed by atoms with van der Waals surface area (Å²) in [5.41, 5.74) is 10.3. The van der Waals surface area contributed by atoms with Crippen molar-refractivity contribution in [1.82, 2.24) is 5.32 Å². The number of nitrogens with one attached hydrogen (secondary N) is 2. The number of hydrogen-bond donors (Lipinski definition) is 5. The molecule has 0 amide bonds. The zero-order chi connectivity index (χ0) is 8.15. The minimum atomic E-state index is -0.914. The highest BCUT2D eigenvalue weighted by molar-refractivity contribution is 5.74. The third-order valence-electron chi connectivity index (χ3n) is 1.18. The van der Waals surface area contributed by atoms with Gasteiger partial charge in [-0.15, -0.1) is 0 Å². The van der Waals surface area contributed by atoms with Crippen molar-refractivity contribution in [3.63, 3.8) is 0 Å². The minimum Gasteiger partial charge on any atom is -0.372 e. The van der Waals surface area contributed by atoms with Crippen molar-refractivity contribution in [3.05, 3.63) is 0 Å². The molecule has 0 bridgehead atoms. The summed E-state index contributed by atoms with van der Waals surface area (Å²) >= 11 is 0. The largest absolute Gasteiger partial charge is 0.372 e. The van der Waals surface area contributed by atoms with Gasteiger partial charge in [0, 0.05) is 6.04 Å². The summed E-state index contributed by atoms with van der Waals surface area (Å²) in [7, 11) is 0. The summed E-state index contributed by atoms with van der Waals surface area (Å²) in [6.07, 6.45) is -0.274. The maximum absolute atomic E-state index is 9.03. The van der Waals surface area contributed by atoms with Gasteiger partial charge >= 0.3 is 0 Å². The lowest BCUT2D eigenvalue weighted by atomic mass is 10.2. The number of guanidine groups is 1. The van der Waals surface area contributed by atoms with E-state index >= 15 is 0 Å². The average Bonchev–Trinajstić information content (AvgIpc) is 1.85. The Kier molecular flexibility index (Phi) is 3.75. The molecule has 0 radical (unpaired) electrons. The summed E-state index contributed by atoms with van der Waals surface area (Å²) in [6, 6.07) is -0.371. The van der Waals surface area contributed by atoms with Crippen LogP contribution >= 0.6 is 0 Å². The van der Waals surface area contributed by atoms with Crippen LogP contribution in [0, 0.1) is 5.41 Å². The molecule has 0 aliphatic carbocycles. The van der Waals surface area contributed by atoms with Crippen LogP contribution in [-0.2, 0) is 0 Å². The highest BCUT2D eigenvalue weighted by atomic mass is 16.3. The standard InChI is InChI=1S/C5H14N4O/c1-2-3(6)4(10)9-5(7)8/h3-4,10H,2,6H2,1H3,(H4,7,8,9). The highest BCUT2D eigenvalue weighted by Crippen LogP contribution is 1.89. The van der Waals surface area contributed by atoms with Gasteiger partial charge in [0.05, 0.1) is 0 Å². The van der Waals surface area contributed by atoms with Gasteiger partial charge in [0.25, 0.3) is 0 Å². The molecular formula is C5H14N4O. The van der Waals surface area contributed by atoms with Gasteiger partial charge < -0.3 is 21.9 Å². The first-order valence-electron chi connectivity index (χ1n) is 3.12. The molecule has 0 saturated carbocycles. The Morgan fingerprint density at radius 2 is 2.30 bits per heavy atom. The summed E-state index contributed by atoms with van der Waals surface area (Å²) in [4.78, 5) is 0. The molecule has 5 nitrogen and oxygen atoms in total. The van der Waals surface area contributed by atoms with Gasteiger partial charge in [-0.1, -0.05) is 6.92 Å². The maximum Gasteiger partial charge on any atom is 0.187 e. The van der Waals surface area contributed by atoms with Crippen molar-refractivity contribution in [1.29, 1.82) is 5.41 Å². The van der Waals surface area contributed by atoms with E-state index in [4.69, 9.17) is 22.0 Å². The number of aliphatic hydroxyl groups excluding tert-OH is 1. The zero-order valence-electron chi connectivity index (χ0n) is 5.96. The Labute approximate surface area is 59.9 Å². The lowest BCUT2D eigenvalue weighted by molar-refractivity contribution is 0.127. The van der Waals surface area contributed by atoms with Gasteiger partial charge in [0.2, 0.25) is 0 Å². The fraction of sp³-hybridized carbons (Fsp3) is 0.800. The number of nitrogens with two attached hydrogens (primary N) is 2. The SMILES string of the molecule is CCC(N)C(O)NC(=N)N. The monoisotopic (exact) mass is 146 g/mol. The molecule has 2 unspecified atom stereocenters. The van der Waals surface area contributed by atoms with E-state index in [1.54, 1.807) is 0 Å². The summed E-state index contributed by atoms with van der Waals surface area (Å²) in [5.74, 6) is -0.267. The molecule has 0 aliphatic rings. The van der Waals surface area contributed by atoms with Gasteiger partial charge in [-0.25, -0.2) is 0 Å². The van der Waals surface area contributed by atoms with E-state index in [1.807, 2.05) is 6.92 Å². The molecule has 10 heavy (non-hydrogen) atoms. The van der Waals surface area contributed by atoms with Crippen LogP contribution in [0.5, 0.6) is 0 Å². The average molecular weight is 146 g/mol. The van der Waals surface area contributed by atoms with Crippen LogP contribution in [0.1, 0.15) is 13.3 Å². The van der Waals surface area contributed by atoms with Gasteiger partial charge in [0.1, 0.15) is 6.23 Å². The molecule has 0 fully saturated rings. The van der Waals surface area contributed by atoms with Crippen LogP contribution in [0.4, 0.5) is 0 Å². The van der Waals surface area contributed by atoms with Gasteiger partial charge in [-0.3, -0.25) is 5.41 Å². The molecular weight excluding hydrogens is 132 g/mol. The Morgan fingerprint density at radius 3 is 2.60 bits per heavy atom. The van der Waals surface area contributed by atoms with E-state index in [2.05, 4.69) is 5.32 Å². The van der Waals surface area contributed by atoms with Crippen molar-refractivity contribution < 1.29 is 5.11 Å². The van der Waals surface area contributed by atoms with E-state index in [0.29, 0.717) is 6.42 Å². The van der Waals surface area contributed by atoms with Crippen LogP contribution < -0.4 is 16.8 Å². The second kappa shape index (κ2) is 4.08. The second-order valence-corrected chi connectivity index (χ2v) is 2.07. The van der Waals surface area contributed by atoms with Crippen LogP contribution in [0.2, 0.25) is 0 Å². The molecule has 0 spiro atoms. The predicted octanol–water partition coefficient (Wildman–Crippen LogP) is -1.47. The quantitative estimate of drug-likeness (QED) is 0.190. The summed E-state index contributed by atoms with van der Waals surface area (Å²) in [6.45, 7) is 1.84. The molecule has 0 aromatic rings. The van der Waals surface area contributed by atoms with E-state index in [1.165, 1.54) is 0 Å². The van der Waals surface area contributed by atoms with Crippen LogP contribution in [0.3, 0.4) is 0 Å². The summed E-state index contributed by atoms with van der Waals surface area (Å²) < 4.78 is 0. The molecule has 0 rings (SSSR count). The second-order valence-electron chi connectivity index (χ2n) is 2.07. The molecule has 0 heterocycles. The molecule has 0 aromatic heterocycles. The number of hydrogen-bond acceptors (Lipinski definition) is 3. The van der Waals surface area contributed by atoms with Crippen LogP contribution in [-0.4, -0.2) is 23.3 Å². The fourth-order valence-corrected chi connectivity index (χ4v) is 0.490. The first-order valence-corrected chi connectivity index (χ1v) is 3.12. The van der Waals surface area contributed by atoms with Crippen molar-refractivity contribution in [3.8, 4) is 0 Å². The first-order chi connectivity index (χ1) is 4.57. The zero-order valence-corrected chi connectivity index (χ0v) is 5.96. The smallest absolute Gasteiger partial charge is 0.187 e. The van der Waals surface area contributed by atoms with E-state index < -0.39 is 6.23 Å². The van der Waals surface area contributed by atoms with Crippen molar-refractivity contribution in [2.24, 2.45) is 11.5 Å². The van der Waals surface area contributed by atoms with Gasteiger partial charge in [-0.05, 0) is 6.42 Å². The molecule has 7 N–H and O–H groups in total. The molecule has 0 aromatic carbocycles. The molecule has 0 aliphatic heterocycles. The Balaban J connectivity index is 3.61. The summed E-state index contributed by atoms with van der Waals surface area (Å²) in [5, 5.41) is 18.1. The molecule has 0 saturated heterocycles. The highest BCUT2D eigenvalue weighted by Gasteiger charge is 2.11. The van der Waals surface area contributed by atoms with Crippen molar-refractivity contribution in [2.75, 3.05) is 0 Å².